The predicted molar refractivity (Wildman–Crippen MR) is 82.5 cm³/mol. The minimum atomic E-state index is -0.348. The number of halogens is 4. The molecule has 106 valence electrons. The number of rotatable bonds is 5. The van der Waals surface area contributed by atoms with E-state index in [1.54, 1.807) is 30.3 Å². The fourth-order valence-corrected chi connectivity index (χ4v) is 2.80. The molecule has 0 nitrogen and oxygen atoms in total. The van der Waals surface area contributed by atoms with Crippen LogP contribution in [0.3, 0.4) is 0 Å². The zero-order valence-electron chi connectivity index (χ0n) is 10.8. The molecule has 0 saturated heterocycles. The Kier molecular flexibility index (Phi) is 5.55. The van der Waals surface area contributed by atoms with Gasteiger partial charge in [0, 0.05) is 5.33 Å². The largest absolute Gasteiger partial charge is 0.207 e. The highest BCUT2D eigenvalue weighted by atomic mass is 79.9. The van der Waals surface area contributed by atoms with Gasteiger partial charge in [-0.25, -0.2) is 8.78 Å². The second-order valence-electron chi connectivity index (χ2n) is 4.77. The quantitative estimate of drug-likeness (QED) is 0.626. The van der Waals surface area contributed by atoms with Crippen molar-refractivity contribution in [2.75, 3.05) is 5.33 Å². The molecule has 0 radical (unpaired) electrons. The van der Waals surface area contributed by atoms with Crippen molar-refractivity contribution in [2.45, 2.75) is 12.8 Å². The van der Waals surface area contributed by atoms with E-state index in [0.29, 0.717) is 12.0 Å². The average Bonchev–Trinajstić information content (AvgIpc) is 2.45. The standard InChI is InChI=1S/C16H14BrClF2/c17-10-12(8-11-4-6-14(19)7-5-11)9-13-2-1-3-15(18)16(13)20/h1-7,12H,8-10H2. The van der Waals surface area contributed by atoms with Gasteiger partial charge in [-0.15, -0.1) is 0 Å². The van der Waals surface area contributed by atoms with Crippen LogP contribution in [0.4, 0.5) is 8.78 Å². The molecule has 0 aliphatic heterocycles. The fourth-order valence-electron chi connectivity index (χ4n) is 2.15. The molecule has 1 atom stereocenters. The van der Waals surface area contributed by atoms with Crippen molar-refractivity contribution in [2.24, 2.45) is 5.92 Å². The lowest BCUT2D eigenvalue weighted by molar-refractivity contribution is 0.550. The molecule has 0 saturated carbocycles. The lowest BCUT2D eigenvalue weighted by Crippen LogP contribution is -2.11. The Hall–Kier alpha value is -0.930. The van der Waals surface area contributed by atoms with Gasteiger partial charge in [-0.2, -0.15) is 0 Å². The van der Waals surface area contributed by atoms with E-state index in [0.717, 1.165) is 17.3 Å². The van der Waals surface area contributed by atoms with E-state index < -0.39 is 0 Å². The summed E-state index contributed by atoms with van der Waals surface area (Å²) in [5, 5.41) is 0.897. The Morgan fingerprint density at radius 3 is 2.35 bits per heavy atom. The summed E-state index contributed by atoms with van der Waals surface area (Å²) in [6, 6.07) is 11.5. The summed E-state index contributed by atoms with van der Waals surface area (Å²) < 4.78 is 26.8. The van der Waals surface area contributed by atoms with Crippen molar-refractivity contribution in [3.8, 4) is 0 Å². The highest BCUT2D eigenvalue weighted by molar-refractivity contribution is 9.09. The Bertz CT molecular complexity index is 569. The Balaban J connectivity index is 2.09. The first-order chi connectivity index (χ1) is 9.60. The Labute approximate surface area is 130 Å². The molecule has 0 amide bonds. The molecule has 0 spiro atoms. The molecule has 0 aromatic heterocycles. The monoisotopic (exact) mass is 358 g/mol. The van der Waals surface area contributed by atoms with Crippen LogP contribution in [0.2, 0.25) is 5.02 Å². The third-order valence-electron chi connectivity index (χ3n) is 3.20. The van der Waals surface area contributed by atoms with Gasteiger partial charge in [0.1, 0.15) is 11.6 Å². The topological polar surface area (TPSA) is 0 Å². The van der Waals surface area contributed by atoms with Crippen LogP contribution in [0, 0.1) is 17.6 Å². The van der Waals surface area contributed by atoms with Gasteiger partial charge in [-0.1, -0.05) is 51.8 Å². The molecule has 0 aliphatic carbocycles. The minimum Gasteiger partial charge on any atom is -0.207 e. The molecule has 4 heteroatoms. The molecule has 2 aromatic rings. The number of hydrogen-bond donors (Lipinski definition) is 0. The maximum Gasteiger partial charge on any atom is 0.144 e. The number of hydrogen-bond acceptors (Lipinski definition) is 0. The van der Waals surface area contributed by atoms with Gasteiger partial charge in [0.15, 0.2) is 0 Å². The molecular formula is C16H14BrClF2. The summed E-state index contributed by atoms with van der Waals surface area (Å²) in [6.45, 7) is 0. The van der Waals surface area contributed by atoms with E-state index in [1.807, 2.05) is 0 Å². The first-order valence-corrected chi connectivity index (χ1v) is 7.83. The smallest absolute Gasteiger partial charge is 0.144 e. The van der Waals surface area contributed by atoms with E-state index in [2.05, 4.69) is 15.9 Å². The van der Waals surface area contributed by atoms with Crippen LogP contribution in [-0.2, 0) is 12.8 Å². The molecule has 0 fully saturated rings. The van der Waals surface area contributed by atoms with Crippen molar-refractivity contribution in [3.63, 3.8) is 0 Å². The summed E-state index contributed by atoms with van der Waals surface area (Å²) in [5.74, 6) is -0.363. The molecule has 0 aliphatic rings. The zero-order chi connectivity index (χ0) is 14.5. The van der Waals surface area contributed by atoms with Crippen molar-refractivity contribution in [1.29, 1.82) is 0 Å². The van der Waals surface area contributed by atoms with Gasteiger partial charge < -0.3 is 0 Å². The summed E-state index contributed by atoms with van der Waals surface area (Å²) in [6.07, 6.45) is 1.35. The van der Waals surface area contributed by atoms with E-state index >= 15 is 0 Å². The van der Waals surface area contributed by atoms with E-state index in [4.69, 9.17) is 11.6 Å². The number of alkyl halides is 1. The van der Waals surface area contributed by atoms with E-state index in [9.17, 15) is 8.78 Å². The zero-order valence-corrected chi connectivity index (χ0v) is 13.1. The highest BCUT2D eigenvalue weighted by Crippen LogP contribution is 2.23. The second-order valence-corrected chi connectivity index (χ2v) is 5.82. The van der Waals surface area contributed by atoms with Crippen molar-refractivity contribution in [1.82, 2.24) is 0 Å². The van der Waals surface area contributed by atoms with Gasteiger partial charge in [0.05, 0.1) is 5.02 Å². The normalized spacial score (nSPS) is 12.4. The predicted octanol–water partition coefficient (Wildman–Crippen LogP) is 5.41. The average molecular weight is 360 g/mol. The van der Waals surface area contributed by atoms with Gasteiger partial charge in [0.25, 0.3) is 0 Å². The van der Waals surface area contributed by atoms with Gasteiger partial charge in [-0.05, 0) is 48.1 Å². The van der Waals surface area contributed by atoms with Crippen LogP contribution in [0.25, 0.3) is 0 Å². The molecule has 2 aromatic carbocycles. The van der Waals surface area contributed by atoms with Gasteiger partial charge in [0.2, 0.25) is 0 Å². The Morgan fingerprint density at radius 1 is 1.00 bits per heavy atom. The molecule has 2 rings (SSSR count). The molecule has 0 heterocycles. The van der Waals surface area contributed by atoms with Gasteiger partial charge in [-0.3, -0.25) is 0 Å². The summed E-state index contributed by atoms with van der Waals surface area (Å²) in [5.41, 5.74) is 1.65. The maximum atomic E-state index is 13.9. The molecular weight excluding hydrogens is 346 g/mol. The van der Waals surface area contributed by atoms with Crippen LogP contribution in [0.1, 0.15) is 11.1 Å². The van der Waals surface area contributed by atoms with Crippen molar-refractivity contribution < 1.29 is 8.78 Å². The summed E-state index contributed by atoms with van der Waals surface area (Å²) in [7, 11) is 0. The van der Waals surface area contributed by atoms with Crippen molar-refractivity contribution in [3.05, 3.63) is 70.2 Å². The SMILES string of the molecule is Fc1ccc(CC(CBr)Cc2cccc(Cl)c2F)cc1. The van der Waals surface area contributed by atoms with Crippen LogP contribution in [0.15, 0.2) is 42.5 Å². The molecule has 1 unspecified atom stereocenters. The third-order valence-corrected chi connectivity index (χ3v) is 4.40. The molecule has 0 N–H and O–H groups in total. The van der Waals surface area contributed by atoms with Crippen molar-refractivity contribution >= 4 is 27.5 Å². The second kappa shape index (κ2) is 7.19. The highest BCUT2D eigenvalue weighted by Gasteiger charge is 2.14. The third kappa shape index (κ3) is 4.03. The summed E-state index contributed by atoms with van der Waals surface area (Å²) >= 11 is 9.25. The minimum absolute atomic E-state index is 0.151. The lowest BCUT2D eigenvalue weighted by atomic mass is 9.94. The maximum absolute atomic E-state index is 13.9. The molecule has 20 heavy (non-hydrogen) atoms. The van der Waals surface area contributed by atoms with E-state index in [-0.39, 0.29) is 22.6 Å². The van der Waals surface area contributed by atoms with Crippen LogP contribution >= 0.6 is 27.5 Å². The fraction of sp³-hybridized carbons (Fsp3) is 0.250. The van der Waals surface area contributed by atoms with Crippen LogP contribution < -0.4 is 0 Å². The van der Waals surface area contributed by atoms with Gasteiger partial charge >= 0.3 is 0 Å². The summed E-state index contributed by atoms with van der Waals surface area (Å²) in [4.78, 5) is 0. The lowest BCUT2D eigenvalue weighted by Gasteiger charge is -2.15. The first kappa shape index (κ1) is 15.5. The molecule has 0 bridgehead atoms. The Morgan fingerprint density at radius 2 is 1.70 bits per heavy atom. The van der Waals surface area contributed by atoms with Crippen LogP contribution in [-0.4, -0.2) is 5.33 Å². The van der Waals surface area contributed by atoms with E-state index in [1.165, 1.54) is 12.1 Å². The first-order valence-electron chi connectivity index (χ1n) is 6.33. The number of benzene rings is 2. The van der Waals surface area contributed by atoms with Crippen LogP contribution in [0.5, 0.6) is 0 Å².